The summed E-state index contributed by atoms with van der Waals surface area (Å²) in [7, 11) is 0. The maximum atomic E-state index is 12.9. The van der Waals surface area contributed by atoms with Crippen molar-refractivity contribution in [3.05, 3.63) is 75.5 Å². The molecule has 0 fully saturated rings. The molecule has 3 rings (SSSR count). The van der Waals surface area contributed by atoms with Gasteiger partial charge in [0.2, 0.25) is 0 Å². The fourth-order valence-electron chi connectivity index (χ4n) is 2.81. The maximum Gasteiger partial charge on any atom is 0.315 e. The van der Waals surface area contributed by atoms with E-state index >= 15 is 0 Å². The van der Waals surface area contributed by atoms with Gasteiger partial charge in [-0.1, -0.05) is 12.1 Å². The van der Waals surface area contributed by atoms with Gasteiger partial charge in [-0.05, 0) is 60.0 Å². The van der Waals surface area contributed by atoms with Crippen LogP contribution < -0.4 is 10.6 Å². The minimum Gasteiger partial charge on any atom is -0.336 e. The summed E-state index contributed by atoms with van der Waals surface area (Å²) in [6, 6.07) is 9.80. The van der Waals surface area contributed by atoms with E-state index in [0.717, 1.165) is 22.5 Å². The van der Waals surface area contributed by atoms with Gasteiger partial charge >= 0.3 is 6.03 Å². The van der Waals surface area contributed by atoms with Crippen molar-refractivity contribution >= 4 is 17.4 Å². The number of aryl methyl sites for hydroxylation is 2. The summed E-state index contributed by atoms with van der Waals surface area (Å²) in [5, 5.41) is 14.3. The lowest BCUT2D eigenvalue weighted by atomic mass is 10.1. The zero-order valence-corrected chi connectivity index (χ0v) is 15.5. The quantitative estimate of drug-likeness (QED) is 0.692. The number of hydrogen-bond acceptors (Lipinski definition) is 3. The summed E-state index contributed by atoms with van der Waals surface area (Å²) < 4.78 is 14.9. The molecule has 0 aliphatic heterocycles. The Balaban J connectivity index is 1.61. The highest BCUT2D eigenvalue weighted by molar-refractivity contribution is 7.07. The van der Waals surface area contributed by atoms with Crippen LogP contribution in [0.3, 0.4) is 0 Å². The molecule has 7 heteroatoms. The molecule has 26 heavy (non-hydrogen) atoms. The fraction of sp³-hybridized carbons (Fsp3) is 0.263. The Morgan fingerprint density at radius 3 is 2.62 bits per heavy atom. The summed E-state index contributed by atoms with van der Waals surface area (Å²) in [5.41, 5.74) is 3.95. The van der Waals surface area contributed by atoms with Crippen molar-refractivity contribution < 1.29 is 9.18 Å². The first-order valence-corrected chi connectivity index (χ1v) is 9.28. The Hall–Kier alpha value is -2.67. The second kappa shape index (κ2) is 8.14. The van der Waals surface area contributed by atoms with E-state index < -0.39 is 0 Å². The van der Waals surface area contributed by atoms with E-state index in [1.807, 2.05) is 36.0 Å². The molecule has 0 saturated carbocycles. The Kier molecular flexibility index (Phi) is 5.68. The molecule has 0 spiro atoms. The van der Waals surface area contributed by atoms with E-state index in [0.29, 0.717) is 13.1 Å². The van der Waals surface area contributed by atoms with Crippen molar-refractivity contribution in [1.82, 2.24) is 20.4 Å². The molecular weight excluding hydrogens is 351 g/mol. The van der Waals surface area contributed by atoms with Gasteiger partial charge in [0.1, 0.15) is 5.82 Å². The van der Waals surface area contributed by atoms with Crippen LogP contribution in [0.25, 0.3) is 0 Å². The molecule has 0 aliphatic rings. The van der Waals surface area contributed by atoms with Crippen LogP contribution in [0.5, 0.6) is 0 Å². The lowest BCUT2D eigenvalue weighted by Crippen LogP contribution is -2.39. The van der Waals surface area contributed by atoms with Crippen molar-refractivity contribution in [3.8, 4) is 0 Å². The average Bonchev–Trinajstić information content (AvgIpc) is 3.25. The van der Waals surface area contributed by atoms with E-state index in [4.69, 9.17) is 0 Å². The third-order valence-corrected chi connectivity index (χ3v) is 4.79. The number of urea groups is 1. The van der Waals surface area contributed by atoms with Crippen LogP contribution in [0.15, 0.2) is 47.2 Å². The second-order valence-corrected chi connectivity index (χ2v) is 6.91. The smallest absolute Gasteiger partial charge is 0.315 e. The topological polar surface area (TPSA) is 59.0 Å². The standard InChI is InChI=1S/C19H21FN4OS/c1-13-9-14(2)24(23-13)18(16-7-8-26-12-16)11-22-19(25)21-10-15-3-5-17(20)6-4-15/h3-9,12,18H,10-11H2,1-2H3,(H2,21,22,25)/t18-/m0/s1. The largest absolute Gasteiger partial charge is 0.336 e. The number of nitrogens with one attached hydrogen (secondary N) is 2. The molecule has 0 radical (unpaired) electrons. The fourth-order valence-corrected chi connectivity index (χ4v) is 3.52. The molecule has 5 nitrogen and oxygen atoms in total. The molecule has 1 atom stereocenters. The first-order valence-electron chi connectivity index (χ1n) is 8.34. The van der Waals surface area contributed by atoms with E-state index in [9.17, 15) is 9.18 Å². The predicted molar refractivity (Wildman–Crippen MR) is 101 cm³/mol. The first kappa shape index (κ1) is 18.1. The molecule has 3 aromatic rings. The van der Waals surface area contributed by atoms with Crippen molar-refractivity contribution in [2.45, 2.75) is 26.4 Å². The third-order valence-electron chi connectivity index (χ3n) is 4.09. The van der Waals surface area contributed by atoms with Crippen molar-refractivity contribution in [1.29, 1.82) is 0 Å². The Morgan fingerprint density at radius 1 is 1.23 bits per heavy atom. The minimum absolute atomic E-state index is 0.0634. The van der Waals surface area contributed by atoms with Crippen LogP contribution in [-0.2, 0) is 6.54 Å². The Bertz CT molecular complexity index is 858. The van der Waals surface area contributed by atoms with E-state index in [2.05, 4.69) is 21.1 Å². The van der Waals surface area contributed by atoms with Crippen LogP contribution in [0.4, 0.5) is 9.18 Å². The lowest BCUT2D eigenvalue weighted by Gasteiger charge is -2.19. The van der Waals surface area contributed by atoms with Gasteiger partial charge in [-0.2, -0.15) is 16.4 Å². The molecule has 0 unspecified atom stereocenters. The number of carbonyl (C=O) groups excluding carboxylic acids is 1. The number of thiophene rings is 1. The molecule has 2 N–H and O–H groups in total. The normalized spacial score (nSPS) is 12.0. The zero-order chi connectivity index (χ0) is 18.5. The number of aromatic nitrogens is 2. The van der Waals surface area contributed by atoms with Gasteiger partial charge in [0.15, 0.2) is 0 Å². The molecule has 0 bridgehead atoms. The lowest BCUT2D eigenvalue weighted by molar-refractivity contribution is 0.239. The highest BCUT2D eigenvalue weighted by Gasteiger charge is 2.18. The molecule has 136 valence electrons. The number of carbonyl (C=O) groups is 1. The number of hydrogen-bond donors (Lipinski definition) is 2. The van der Waals surface area contributed by atoms with Gasteiger partial charge in [-0.25, -0.2) is 9.18 Å². The summed E-state index contributed by atoms with van der Waals surface area (Å²) in [6.45, 7) is 4.73. The predicted octanol–water partition coefficient (Wildman–Crippen LogP) is 3.79. The number of nitrogens with zero attached hydrogens (tertiary/aromatic N) is 2. The molecule has 0 saturated heterocycles. The van der Waals surface area contributed by atoms with Crippen molar-refractivity contribution in [2.24, 2.45) is 0 Å². The van der Waals surface area contributed by atoms with Crippen LogP contribution >= 0.6 is 11.3 Å². The Labute approximate surface area is 155 Å². The van der Waals surface area contributed by atoms with Gasteiger partial charge in [-0.3, -0.25) is 4.68 Å². The third kappa shape index (κ3) is 4.49. The molecule has 2 heterocycles. The number of rotatable bonds is 6. The van der Waals surface area contributed by atoms with Gasteiger partial charge < -0.3 is 10.6 Å². The monoisotopic (exact) mass is 372 g/mol. The Morgan fingerprint density at radius 2 is 2.00 bits per heavy atom. The van der Waals surface area contributed by atoms with E-state index in [1.165, 1.54) is 12.1 Å². The molecule has 0 aliphatic carbocycles. The van der Waals surface area contributed by atoms with Crippen LogP contribution in [0, 0.1) is 19.7 Å². The van der Waals surface area contributed by atoms with E-state index in [1.54, 1.807) is 23.5 Å². The maximum absolute atomic E-state index is 12.9. The second-order valence-electron chi connectivity index (χ2n) is 6.13. The zero-order valence-electron chi connectivity index (χ0n) is 14.7. The number of halogens is 1. The van der Waals surface area contributed by atoms with Crippen LogP contribution in [0.2, 0.25) is 0 Å². The summed E-state index contributed by atoms with van der Waals surface area (Å²) in [5.74, 6) is -0.290. The average molecular weight is 372 g/mol. The SMILES string of the molecule is Cc1cc(C)n([C@@H](CNC(=O)NCc2ccc(F)cc2)c2ccsc2)n1. The van der Waals surface area contributed by atoms with Gasteiger partial charge in [0.05, 0.1) is 11.7 Å². The van der Waals surface area contributed by atoms with Crippen molar-refractivity contribution in [2.75, 3.05) is 6.54 Å². The van der Waals surface area contributed by atoms with Crippen molar-refractivity contribution in [3.63, 3.8) is 0 Å². The summed E-state index contributed by atoms with van der Waals surface area (Å²) >= 11 is 1.62. The number of benzene rings is 1. The van der Waals surface area contributed by atoms with Gasteiger partial charge in [0.25, 0.3) is 0 Å². The minimum atomic E-state index is -0.290. The highest BCUT2D eigenvalue weighted by Crippen LogP contribution is 2.22. The highest BCUT2D eigenvalue weighted by atomic mass is 32.1. The molecule has 2 aromatic heterocycles. The first-order chi connectivity index (χ1) is 12.5. The molecule has 1 aromatic carbocycles. The van der Waals surface area contributed by atoms with Crippen LogP contribution in [-0.4, -0.2) is 22.4 Å². The van der Waals surface area contributed by atoms with Crippen LogP contribution in [0.1, 0.15) is 28.6 Å². The summed E-state index contributed by atoms with van der Waals surface area (Å²) in [4.78, 5) is 12.2. The van der Waals surface area contributed by atoms with Gasteiger partial charge in [-0.15, -0.1) is 0 Å². The number of amides is 2. The van der Waals surface area contributed by atoms with Gasteiger partial charge in [0, 0.05) is 18.8 Å². The summed E-state index contributed by atoms with van der Waals surface area (Å²) in [6.07, 6.45) is 0. The molecular formula is C19H21FN4OS. The van der Waals surface area contributed by atoms with E-state index in [-0.39, 0.29) is 17.9 Å². The molecule has 2 amide bonds.